The zero-order chi connectivity index (χ0) is 24.7. The van der Waals surface area contributed by atoms with Crippen LogP contribution in [0.4, 0.5) is 5.69 Å². The van der Waals surface area contributed by atoms with Crippen molar-refractivity contribution in [2.45, 2.75) is 25.3 Å². The first-order chi connectivity index (χ1) is 16.1. The summed E-state index contributed by atoms with van der Waals surface area (Å²) in [7, 11) is 1.86. The predicted molar refractivity (Wildman–Crippen MR) is 126 cm³/mol. The van der Waals surface area contributed by atoms with E-state index in [-0.39, 0.29) is 46.7 Å². The molecule has 178 valence electrons. The van der Waals surface area contributed by atoms with Gasteiger partial charge in [0.2, 0.25) is 0 Å². The number of aromatic hydroxyl groups is 2. The van der Waals surface area contributed by atoms with Gasteiger partial charge in [-0.2, -0.15) is 0 Å². The third-order valence-corrected chi connectivity index (χ3v) is 6.73. The highest BCUT2D eigenvalue weighted by molar-refractivity contribution is 9.10. The molecule has 2 aromatic carbocycles. The van der Waals surface area contributed by atoms with Crippen molar-refractivity contribution in [1.82, 2.24) is 4.90 Å². The summed E-state index contributed by atoms with van der Waals surface area (Å²) >= 11 is 3.29. The number of ether oxygens (including phenoxy) is 1. The second-order valence-corrected chi connectivity index (χ2v) is 9.03. The van der Waals surface area contributed by atoms with Gasteiger partial charge in [0.05, 0.1) is 11.0 Å². The number of fused-ring (bicyclic) bond motifs is 1. The molecule has 3 aromatic rings. The topological polar surface area (TPSA) is 143 Å². The van der Waals surface area contributed by atoms with Crippen molar-refractivity contribution in [3.63, 3.8) is 0 Å². The summed E-state index contributed by atoms with van der Waals surface area (Å²) < 4.78 is 11.6. The Morgan fingerprint density at radius 1 is 1.29 bits per heavy atom. The lowest BCUT2D eigenvalue weighted by atomic mass is 9.89. The van der Waals surface area contributed by atoms with Gasteiger partial charge < -0.3 is 19.4 Å². The zero-order valence-corrected chi connectivity index (χ0v) is 19.9. The van der Waals surface area contributed by atoms with Crippen LogP contribution in [-0.2, 0) is 9.53 Å². The highest BCUT2D eigenvalue weighted by Gasteiger charge is 2.38. The summed E-state index contributed by atoms with van der Waals surface area (Å²) in [5, 5.41) is 32.2. The molecule has 0 amide bonds. The Labute approximate surface area is 201 Å². The lowest BCUT2D eigenvalue weighted by Gasteiger charge is -2.25. The number of likely N-dealkylation sites (tertiary alicyclic amines) is 1. The van der Waals surface area contributed by atoms with E-state index in [1.165, 1.54) is 31.2 Å². The van der Waals surface area contributed by atoms with Gasteiger partial charge in [-0.05, 0) is 42.0 Å². The van der Waals surface area contributed by atoms with Crippen molar-refractivity contribution in [2.75, 3.05) is 20.2 Å². The Bertz CT molecular complexity index is 1370. The maximum atomic E-state index is 13.0. The lowest BCUT2D eigenvalue weighted by Crippen LogP contribution is -2.33. The van der Waals surface area contributed by atoms with Crippen molar-refractivity contribution in [3.8, 4) is 22.8 Å². The van der Waals surface area contributed by atoms with E-state index in [9.17, 15) is 29.9 Å². The number of carbonyl (C=O) groups is 1. The molecule has 0 saturated carbocycles. The number of non-ortho nitro benzene ring substituents is 1. The predicted octanol–water partition coefficient (Wildman–Crippen LogP) is 3.89. The second kappa shape index (κ2) is 9.07. The van der Waals surface area contributed by atoms with Gasteiger partial charge in [0.25, 0.3) is 5.69 Å². The molecule has 1 saturated heterocycles. The van der Waals surface area contributed by atoms with Crippen molar-refractivity contribution in [1.29, 1.82) is 0 Å². The first kappa shape index (κ1) is 23.7. The van der Waals surface area contributed by atoms with Gasteiger partial charge in [-0.3, -0.25) is 24.6 Å². The van der Waals surface area contributed by atoms with Gasteiger partial charge >= 0.3 is 5.97 Å². The highest BCUT2D eigenvalue weighted by atomic mass is 79.9. The number of carbonyl (C=O) groups excluding carboxylic acids is 1. The molecule has 1 aliphatic heterocycles. The van der Waals surface area contributed by atoms with Crippen LogP contribution >= 0.6 is 15.9 Å². The van der Waals surface area contributed by atoms with Crippen LogP contribution in [0.3, 0.4) is 0 Å². The maximum Gasteiger partial charge on any atom is 0.302 e. The largest absolute Gasteiger partial charge is 0.507 e. The fraction of sp³-hybridized carbons (Fsp3) is 0.304. The Kier molecular flexibility index (Phi) is 6.32. The van der Waals surface area contributed by atoms with E-state index in [0.29, 0.717) is 28.6 Å². The quantitative estimate of drug-likeness (QED) is 0.284. The Hall–Kier alpha value is -3.44. The van der Waals surface area contributed by atoms with Crippen molar-refractivity contribution in [2.24, 2.45) is 0 Å². The smallest absolute Gasteiger partial charge is 0.302 e. The number of nitrogens with zero attached hydrogens (tertiary/aromatic N) is 2. The van der Waals surface area contributed by atoms with Gasteiger partial charge in [0.15, 0.2) is 5.43 Å². The van der Waals surface area contributed by atoms with Crippen LogP contribution < -0.4 is 5.43 Å². The van der Waals surface area contributed by atoms with Crippen LogP contribution in [-0.4, -0.2) is 52.2 Å². The first-order valence-electron chi connectivity index (χ1n) is 10.4. The highest BCUT2D eigenvalue weighted by Crippen LogP contribution is 2.44. The Balaban J connectivity index is 1.92. The minimum atomic E-state index is -0.543. The van der Waals surface area contributed by atoms with Gasteiger partial charge in [-0.25, -0.2) is 0 Å². The molecule has 1 aromatic heterocycles. The van der Waals surface area contributed by atoms with E-state index in [2.05, 4.69) is 15.9 Å². The molecule has 34 heavy (non-hydrogen) atoms. The molecule has 0 radical (unpaired) electrons. The molecule has 2 atom stereocenters. The molecule has 1 aliphatic rings. The van der Waals surface area contributed by atoms with Crippen molar-refractivity contribution in [3.05, 3.63) is 60.7 Å². The van der Waals surface area contributed by atoms with E-state index in [0.717, 1.165) is 6.07 Å². The molecule has 2 N–H and O–H groups in total. The molecule has 10 nitrogen and oxygen atoms in total. The van der Waals surface area contributed by atoms with E-state index in [4.69, 9.17) is 9.15 Å². The average Bonchev–Trinajstić information content (AvgIpc) is 3.11. The number of nitro benzene ring substituents is 1. The third-order valence-electron chi connectivity index (χ3n) is 6.08. The first-order valence-corrected chi connectivity index (χ1v) is 11.2. The number of likely N-dealkylation sites (N-methyl/N-ethyl adjacent to an activating group) is 1. The number of phenols is 2. The van der Waals surface area contributed by atoms with Crippen molar-refractivity contribution < 1.29 is 29.1 Å². The van der Waals surface area contributed by atoms with E-state index < -0.39 is 22.1 Å². The number of halogens is 1. The number of benzene rings is 2. The van der Waals surface area contributed by atoms with E-state index in [1.807, 2.05) is 11.9 Å². The molecule has 0 spiro atoms. The summed E-state index contributed by atoms with van der Waals surface area (Å²) in [5.74, 6) is -1.36. The van der Waals surface area contributed by atoms with Gasteiger partial charge in [0, 0.05) is 52.7 Å². The average molecular weight is 533 g/mol. The molecule has 0 bridgehead atoms. The zero-order valence-electron chi connectivity index (χ0n) is 18.3. The number of esters is 1. The summed E-state index contributed by atoms with van der Waals surface area (Å²) in [4.78, 5) is 36.9. The standard InChI is InChI=1S/C23H21BrN2O8/c1-11(27)33-10-16-14(5-6-25(16)2)21-17(28)8-18(29)22-19(30)9-20(34-23(21)22)13-4-3-12(26(31)32)7-15(13)24/h3-4,7-9,14,16,28-29H,5-6,10H2,1-2H3. The molecule has 11 heteroatoms. The van der Waals surface area contributed by atoms with Crippen LogP contribution in [0.15, 0.2) is 44.0 Å². The number of phenolic OH excluding ortho intramolecular Hbond substituents is 2. The molecule has 4 rings (SSSR count). The van der Waals surface area contributed by atoms with Gasteiger partial charge in [-0.15, -0.1) is 0 Å². The van der Waals surface area contributed by atoms with Crippen LogP contribution in [0.1, 0.15) is 24.8 Å². The number of hydrogen-bond donors (Lipinski definition) is 2. The molecular weight excluding hydrogens is 512 g/mol. The minimum absolute atomic E-state index is 0.0124. The van der Waals surface area contributed by atoms with Crippen molar-refractivity contribution >= 4 is 38.6 Å². The van der Waals surface area contributed by atoms with Gasteiger partial charge in [-0.1, -0.05) is 0 Å². The minimum Gasteiger partial charge on any atom is -0.507 e. The monoisotopic (exact) mass is 532 g/mol. The summed E-state index contributed by atoms with van der Waals surface area (Å²) in [6.07, 6.45) is 0.588. The van der Waals surface area contributed by atoms with Crippen LogP contribution in [0.25, 0.3) is 22.3 Å². The Morgan fingerprint density at radius 2 is 2.03 bits per heavy atom. The maximum absolute atomic E-state index is 13.0. The van der Waals surface area contributed by atoms with Gasteiger partial charge in [0.1, 0.15) is 34.8 Å². The normalized spacial score (nSPS) is 18.3. The van der Waals surface area contributed by atoms with E-state index >= 15 is 0 Å². The number of nitro groups is 1. The third kappa shape index (κ3) is 4.24. The molecule has 2 unspecified atom stereocenters. The molecule has 2 heterocycles. The molecular formula is C23H21BrN2O8. The fourth-order valence-corrected chi connectivity index (χ4v) is 4.98. The summed E-state index contributed by atoms with van der Waals surface area (Å²) in [6, 6.07) is 6.03. The lowest BCUT2D eigenvalue weighted by molar-refractivity contribution is -0.384. The SMILES string of the molecule is CC(=O)OCC1C(c2c(O)cc(O)c3c(=O)cc(-c4ccc([N+](=O)[O-])cc4Br)oc23)CCN1C. The van der Waals surface area contributed by atoms with Crippen LogP contribution in [0.5, 0.6) is 11.5 Å². The number of hydrogen-bond acceptors (Lipinski definition) is 9. The van der Waals surface area contributed by atoms with E-state index in [1.54, 1.807) is 0 Å². The van der Waals surface area contributed by atoms with Crippen LogP contribution in [0, 0.1) is 10.1 Å². The summed E-state index contributed by atoms with van der Waals surface area (Å²) in [5.41, 5.74) is 0.0447. The Morgan fingerprint density at radius 3 is 2.68 bits per heavy atom. The molecule has 1 fully saturated rings. The second-order valence-electron chi connectivity index (χ2n) is 8.17. The summed E-state index contributed by atoms with van der Waals surface area (Å²) in [6.45, 7) is 2.04. The number of rotatable bonds is 5. The van der Waals surface area contributed by atoms with Crippen LogP contribution in [0.2, 0.25) is 0 Å². The molecule has 0 aliphatic carbocycles. The fourth-order valence-electron chi connectivity index (χ4n) is 4.42.